The second-order valence-corrected chi connectivity index (χ2v) is 6.63. The number of carbonyl (C=O) groups is 4. The molecule has 0 unspecified atom stereocenters. The van der Waals surface area contributed by atoms with Gasteiger partial charge >= 0.3 is 17.9 Å². The number of ether oxygens (including phenoxy) is 3. The van der Waals surface area contributed by atoms with Crippen LogP contribution in [0.3, 0.4) is 0 Å². The van der Waals surface area contributed by atoms with E-state index in [-0.39, 0.29) is 23.7 Å². The van der Waals surface area contributed by atoms with Crippen LogP contribution in [0, 0.1) is 11.8 Å². The molecule has 1 N–H and O–H groups in total. The van der Waals surface area contributed by atoms with E-state index in [1.807, 2.05) is 13.8 Å². The van der Waals surface area contributed by atoms with E-state index in [1.165, 1.54) is 32.9 Å². The van der Waals surface area contributed by atoms with Crippen LogP contribution in [-0.2, 0) is 33.4 Å². The van der Waals surface area contributed by atoms with Crippen molar-refractivity contribution in [3.8, 4) is 0 Å². The first-order valence-corrected chi connectivity index (χ1v) is 8.62. The number of aliphatic hydroxyl groups is 1. The average molecular weight is 382 g/mol. The molecule has 0 fully saturated rings. The van der Waals surface area contributed by atoms with Gasteiger partial charge in [-0.25, -0.2) is 4.79 Å². The fraction of sp³-hybridized carbons (Fsp3) is 0.579. The summed E-state index contributed by atoms with van der Waals surface area (Å²) in [6, 6.07) is 0. The van der Waals surface area contributed by atoms with Crippen molar-refractivity contribution in [3.05, 3.63) is 23.3 Å². The maximum atomic E-state index is 12.6. The highest BCUT2D eigenvalue weighted by molar-refractivity contribution is 6.02. The van der Waals surface area contributed by atoms with Crippen LogP contribution >= 0.6 is 0 Å². The lowest BCUT2D eigenvalue weighted by Gasteiger charge is -2.37. The summed E-state index contributed by atoms with van der Waals surface area (Å²) in [6.07, 6.45) is 0.771. The Morgan fingerprint density at radius 2 is 1.78 bits per heavy atom. The van der Waals surface area contributed by atoms with Crippen LogP contribution in [0.4, 0.5) is 0 Å². The molecule has 0 aromatic heterocycles. The zero-order chi connectivity index (χ0) is 20.7. The van der Waals surface area contributed by atoms with Crippen molar-refractivity contribution in [2.24, 2.45) is 11.8 Å². The van der Waals surface area contributed by atoms with Gasteiger partial charge in [0.15, 0.2) is 6.10 Å². The SMILES string of the molecule is CC(=O)OCC=C(C)C(=O)O[C@@H]1C(=O)C(CO)=C[C@@H](OC(C)=O)[C@H]1C(C)C. The van der Waals surface area contributed by atoms with E-state index in [4.69, 9.17) is 14.2 Å². The Balaban J connectivity index is 3.08. The molecule has 0 saturated carbocycles. The van der Waals surface area contributed by atoms with Crippen LogP contribution in [0.25, 0.3) is 0 Å². The van der Waals surface area contributed by atoms with Gasteiger partial charge in [0.2, 0.25) is 5.78 Å². The molecule has 0 amide bonds. The Morgan fingerprint density at radius 1 is 1.15 bits per heavy atom. The Bertz CT molecular complexity index is 659. The number of hydrogen-bond acceptors (Lipinski definition) is 8. The third kappa shape index (κ3) is 6.32. The quantitative estimate of drug-likeness (QED) is 0.395. The van der Waals surface area contributed by atoms with Crippen molar-refractivity contribution in [1.82, 2.24) is 0 Å². The van der Waals surface area contributed by atoms with E-state index in [9.17, 15) is 24.3 Å². The van der Waals surface area contributed by atoms with Crippen molar-refractivity contribution in [2.75, 3.05) is 13.2 Å². The fourth-order valence-corrected chi connectivity index (χ4v) is 2.79. The number of Topliss-reactive ketones (excluding diaryl/α,β-unsaturated/α-hetero) is 1. The summed E-state index contributed by atoms with van der Waals surface area (Å²) in [5, 5.41) is 9.44. The standard InChI is InChI=1S/C19H26O8/c1-10(2)16-15(26-13(5)22)8-14(9-20)17(23)18(16)27-19(24)11(3)6-7-25-12(4)21/h6,8,10,15-16,18,20H,7,9H2,1-5H3/t15-,16-,18+/m1/s1. The van der Waals surface area contributed by atoms with E-state index >= 15 is 0 Å². The summed E-state index contributed by atoms with van der Waals surface area (Å²) in [5.41, 5.74) is 0.188. The van der Waals surface area contributed by atoms with Gasteiger partial charge in [-0.05, 0) is 25.0 Å². The largest absolute Gasteiger partial charge is 0.462 e. The molecule has 0 spiro atoms. The van der Waals surface area contributed by atoms with Crippen molar-refractivity contribution in [2.45, 2.75) is 46.8 Å². The topological polar surface area (TPSA) is 116 Å². The van der Waals surface area contributed by atoms with Crippen LogP contribution < -0.4 is 0 Å². The summed E-state index contributed by atoms with van der Waals surface area (Å²) < 4.78 is 15.4. The van der Waals surface area contributed by atoms with E-state index < -0.39 is 48.4 Å². The van der Waals surface area contributed by atoms with Gasteiger partial charge in [0.1, 0.15) is 12.7 Å². The first kappa shape index (κ1) is 22.6. The number of hydrogen-bond donors (Lipinski definition) is 1. The first-order chi connectivity index (χ1) is 12.6. The Labute approximate surface area is 158 Å². The van der Waals surface area contributed by atoms with Crippen LogP contribution in [0.15, 0.2) is 23.3 Å². The maximum absolute atomic E-state index is 12.6. The van der Waals surface area contributed by atoms with Crippen molar-refractivity contribution >= 4 is 23.7 Å². The lowest BCUT2D eigenvalue weighted by atomic mass is 9.77. The summed E-state index contributed by atoms with van der Waals surface area (Å²) in [5.74, 6) is -3.07. The molecule has 0 aliphatic heterocycles. The molecule has 150 valence electrons. The second kappa shape index (κ2) is 10.0. The third-order valence-electron chi connectivity index (χ3n) is 4.14. The highest BCUT2D eigenvalue weighted by Gasteiger charge is 2.44. The predicted octanol–water partition coefficient (Wildman–Crippen LogP) is 1.11. The van der Waals surface area contributed by atoms with Gasteiger partial charge in [0.05, 0.1) is 6.61 Å². The average Bonchev–Trinajstić information content (AvgIpc) is 2.55. The number of esters is 3. The maximum Gasteiger partial charge on any atom is 0.334 e. The molecule has 27 heavy (non-hydrogen) atoms. The van der Waals surface area contributed by atoms with Gasteiger partial charge < -0.3 is 19.3 Å². The minimum absolute atomic E-state index is 0.0255. The third-order valence-corrected chi connectivity index (χ3v) is 4.14. The molecule has 3 atom stereocenters. The lowest BCUT2D eigenvalue weighted by molar-refractivity contribution is -0.164. The summed E-state index contributed by atoms with van der Waals surface area (Å²) in [7, 11) is 0. The van der Waals surface area contributed by atoms with E-state index in [0.717, 1.165) is 0 Å². The highest BCUT2D eigenvalue weighted by Crippen LogP contribution is 2.32. The van der Waals surface area contributed by atoms with Gasteiger partial charge in [-0.1, -0.05) is 13.8 Å². The Hall–Kier alpha value is -2.48. The molecule has 0 aromatic carbocycles. The summed E-state index contributed by atoms with van der Waals surface area (Å²) >= 11 is 0. The molecule has 0 aromatic rings. The lowest BCUT2D eigenvalue weighted by Crippen LogP contribution is -2.48. The molecule has 1 rings (SSSR count). The molecule has 0 radical (unpaired) electrons. The van der Waals surface area contributed by atoms with E-state index in [2.05, 4.69) is 0 Å². The smallest absolute Gasteiger partial charge is 0.334 e. The zero-order valence-electron chi connectivity index (χ0n) is 16.2. The van der Waals surface area contributed by atoms with Gasteiger partial charge in [0.25, 0.3) is 0 Å². The molecule has 0 saturated heterocycles. The van der Waals surface area contributed by atoms with Crippen LogP contribution in [-0.4, -0.2) is 54.2 Å². The predicted molar refractivity (Wildman–Crippen MR) is 94.3 cm³/mol. The van der Waals surface area contributed by atoms with Gasteiger partial charge in [-0.2, -0.15) is 0 Å². The summed E-state index contributed by atoms with van der Waals surface area (Å²) in [6.45, 7) is 6.93. The molecule has 0 heterocycles. The molecule has 0 bridgehead atoms. The summed E-state index contributed by atoms with van der Waals surface area (Å²) in [4.78, 5) is 47.2. The molecular weight excluding hydrogens is 356 g/mol. The van der Waals surface area contributed by atoms with Gasteiger partial charge in [-0.3, -0.25) is 14.4 Å². The van der Waals surface area contributed by atoms with Gasteiger partial charge in [0, 0.05) is 30.9 Å². The fourth-order valence-electron chi connectivity index (χ4n) is 2.79. The number of carbonyl (C=O) groups excluding carboxylic acids is 4. The Kier molecular flexibility index (Phi) is 8.36. The van der Waals surface area contributed by atoms with Crippen molar-refractivity contribution in [3.63, 3.8) is 0 Å². The van der Waals surface area contributed by atoms with Crippen LogP contribution in [0.5, 0.6) is 0 Å². The molecule has 8 heteroatoms. The minimum Gasteiger partial charge on any atom is -0.462 e. The van der Waals surface area contributed by atoms with E-state index in [0.29, 0.717) is 0 Å². The Morgan fingerprint density at radius 3 is 2.26 bits per heavy atom. The minimum atomic E-state index is -1.20. The zero-order valence-corrected chi connectivity index (χ0v) is 16.2. The van der Waals surface area contributed by atoms with Crippen molar-refractivity contribution in [1.29, 1.82) is 0 Å². The van der Waals surface area contributed by atoms with E-state index in [1.54, 1.807) is 0 Å². The number of aliphatic hydroxyl groups excluding tert-OH is 1. The molecule has 1 aliphatic carbocycles. The normalized spacial score (nSPS) is 22.9. The monoisotopic (exact) mass is 382 g/mol. The first-order valence-electron chi connectivity index (χ1n) is 8.62. The number of ketones is 1. The molecule has 8 nitrogen and oxygen atoms in total. The second-order valence-electron chi connectivity index (χ2n) is 6.63. The molecular formula is C19H26O8. The van der Waals surface area contributed by atoms with Crippen molar-refractivity contribution < 1.29 is 38.5 Å². The van der Waals surface area contributed by atoms with Gasteiger partial charge in [-0.15, -0.1) is 0 Å². The highest BCUT2D eigenvalue weighted by atomic mass is 16.6. The van der Waals surface area contributed by atoms with Crippen LogP contribution in [0.2, 0.25) is 0 Å². The van der Waals surface area contributed by atoms with Crippen LogP contribution in [0.1, 0.15) is 34.6 Å². The number of rotatable bonds is 7. The molecule has 1 aliphatic rings.